The molecule has 1 aliphatic heterocycles. The van der Waals surface area contributed by atoms with Gasteiger partial charge < -0.3 is 10.6 Å². The van der Waals surface area contributed by atoms with Crippen LogP contribution < -0.4 is 10.6 Å². The van der Waals surface area contributed by atoms with Gasteiger partial charge in [0.1, 0.15) is 5.82 Å². The molecule has 0 saturated carbocycles. The Balaban J connectivity index is 1.96. The Bertz CT molecular complexity index is 516. The highest BCUT2D eigenvalue weighted by Crippen LogP contribution is 2.16. The lowest BCUT2D eigenvalue weighted by atomic mass is 10.0. The molecule has 108 valence electrons. The first-order chi connectivity index (χ1) is 9.58. The molecular formula is C13H16FN3O3. The SMILES string of the molecule is O=C(NCC1CCCCN1)c1ccc([N+](=O)[O-])cc1F. The maximum atomic E-state index is 13.6. The Hall–Kier alpha value is -2.02. The van der Waals surface area contributed by atoms with Gasteiger partial charge in [0.15, 0.2) is 0 Å². The van der Waals surface area contributed by atoms with Gasteiger partial charge in [-0.1, -0.05) is 6.42 Å². The number of rotatable bonds is 4. The van der Waals surface area contributed by atoms with Crippen LogP contribution in [-0.4, -0.2) is 30.0 Å². The number of nitro benzene ring substituents is 1. The smallest absolute Gasteiger partial charge is 0.272 e. The van der Waals surface area contributed by atoms with Crippen molar-refractivity contribution in [3.8, 4) is 0 Å². The Morgan fingerprint density at radius 1 is 1.50 bits per heavy atom. The lowest BCUT2D eigenvalue weighted by molar-refractivity contribution is -0.385. The predicted molar refractivity (Wildman–Crippen MR) is 71.0 cm³/mol. The molecule has 7 heteroatoms. The van der Waals surface area contributed by atoms with Gasteiger partial charge in [0.2, 0.25) is 0 Å². The van der Waals surface area contributed by atoms with Crippen LogP contribution in [0.25, 0.3) is 0 Å². The van der Waals surface area contributed by atoms with Crippen LogP contribution in [-0.2, 0) is 0 Å². The second-order valence-electron chi connectivity index (χ2n) is 4.78. The number of benzene rings is 1. The summed E-state index contributed by atoms with van der Waals surface area (Å²) in [7, 11) is 0. The predicted octanol–water partition coefficient (Wildman–Crippen LogP) is 1.61. The van der Waals surface area contributed by atoms with Crippen molar-refractivity contribution < 1.29 is 14.1 Å². The number of hydrogen-bond acceptors (Lipinski definition) is 4. The summed E-state index contributed by atoms with van der Waals surface area (Å²) in [6.07, 6.45) is 3.21. The summed E-state index contributed by atoms with van der Waals surface area (Å²) in [6.45, 7) is 1.35. The van der Waals surface area contributed by atoms with Crippen molar-refractivity contribution in [3.63, 3.8) is 0 Å². The van der Waals surface area contributed by atoms with E-state index in [1.54, 1.807) is 0 Å². The molecule has 0 spiro atoms. The summed E-state index contributed by atoms with van der Waals surface area (Å²) >= 11 is 0. The summed E-state index contributed by atoms with van der Waals surface area (Å²) in [5, 5.41) is 16.4. The highest BCUT2D eigenvalue weighted by atomic mass is 19.1. The van der Waals surface area contributed by atoms with Gasteiger partial charge in [-0.25, -0.2) is 4.39 Å². The topological polar surface area (TPSA) is 84.3 Å². The lowest BCUT2D eigenvalue weighted by Crippen LogP contribution is -2.43. The monoisotopic (exact) mass is 281 g/mol. The number of carbonyl (C=O) groups excluding carboxylic acids is 1. The maximum Gasteiger partial charge on any atom is 0.272 e. The van der Waals surface area contributed by atoms with E-state index in [4.69, 9.17) is 0 Å². The number of hydrogen-bond donors (Lipinski definition) is 2. The quantitative estimate of drug-likeness (QED) is 0.648. The van der Waals surface area contributed by atoms with Crippen molar-refractivity contribution >= 4 is 11.6 Å². The second kappa shape index (κ2) is 6.42. The highest BCUT2D eigenvalue weighted by Gasteiger charge is 2.18. The third kappa shape index (κ3) is 3.51. The van der Waals surface area contributed by atoms with Gasteiger partial charge >= 0.3 is 0 Å². The minimum Gasteiger partial charge on any atom is -0.350 e. The van der Waals surface area contributed by atoms with E-state index in [9.17, 15) is 19.3 Å². The summed E-state index contributed by atoms with van der Waals surface area (Å²) in [4.78, 5) is 21.6. The average molecular weight is 281 g/mol. The number of non-ortho nitro benzene ring substituents is 1. The van der Waals surface area contributed by atoms with Crippen molar-refractivity contribution in [3.05, 3.63) is 39.7 Å². The summed E-state index contributed by atoms with van der Waals surface area (Å²) in [6, 6.07) is 3.22. The minimum atomic E-state index is -0.881. The molecule has 0 aromatic heterocycles. The fraction of sp³-hybridized carbons (Fsp3) is 0.462. The Kier molecular flexibility index (Phi) is 4.62. The molecule has 2 rings (SSSR count). The van der Waals surface area contributed by atoms with Gasteiger partial charge in [-0.15, -0.1) is 0 Å². The van der Waals surface area contributed by atoms with Crippen LogP contribution in [0.5, 0.6) is 0 Å². The number of nitrogens with one attached hydrogen (secondary N) is 2. The Morgan fingerprint density at radius 2 is 2.30 bits per heavy atom. The number of carbonyl (C=O) groups is 1. The Morgan fingerprint density at radius 3 is 2.90 bits per heavy atom. The fourth-order valence-electron chi connectivity index (χ4n) is 2.21. The normalized spacial score (nSPS) is 18.6. The summed E-state index contributed by atoms with van der Waals surface area (Å²) < 4.78 is 13.6. The Labute approximate surface area is 115 Å². The molecule has 2 N–H and O–H groups in total. The van der Waals surface area contributed by atoms with Crippen LogP contribution >= 0.6 is 0 Å². The van der Waals surface area contributed by atoms with E-state index in [1.807, 2.05) is 0 Å². The molecule has 6 nitrogen and oxygen atoms in total. The van der Waals surface area contributed by atoms with Gasteiger partial charge in [0.05, 0.1) is 16.6 Å². The number of halogens is 1. The molecule has 1 heterocycles. The van der Waals surface area contributed by atoms with Crippen molar-refractivity contribution in [2.45, 2.75) is 25.3 Å². The molecular weight excluding hydrogens is 265 g/mol. The van der Waals surface area contributed by atoms with Crippen molar-refractivity contribution in [2.75, 3.05) is 13.1 Å². The lowest BCUT2D eigenvalue weighted by Gasteiger charge is -2.23. The molecule has 1 atom stereocenters. The first-order valence-corrected chi connectivity index (χ1v) is 6.53. The zero-order chi connectivity index (χ0) is 14.5. The molecule has 1 amide bonds. The van der Waals surface area contributed by atoms with Gasteiger partial charge in [-0.2, -0.15) is 0 Å². The molecule has 1 saturated heterocycles. The molecule has 0 radical (unpaired) electrons. The molecule has 0 aliphatic carbocycles. The zero-order valence-electron chi connectivity index (χ0n) is 10.9. The van der Waals surface area contributed by atoms with Gasteiger partial charge in [0.25, 0.3) is 11.6 Å². The van der Waals surface area contributed by atoms with Crippen LogP contribution in [0.15, 0.2) is 18.2 Å². The number of amides is 1. The summed E-state index contributed by atoms with van der Waals surface area (Å²) in [5.74, 6) is -1.43. The number of nitrogens with zero attached hydrogens (tertiary/aromatic N) is 1. The van der Waals surface area contributed by atoms with Crippen LogP contribution in [0.4, 0.5) is 10.1 Å². The molecule has 0 bridgehead atoms. The molecule has 20 heavy (non-hydrogen) atoms. The minimum absolute atomic E-state index is 0.175. The van der Waals surface area contributed by atoms with E-state index in [0.29, 0.717) is 6.54 Å². The molecule has 1 unspecified atom stereocenters. The van der Waals surface area contributed by atoms with Gasteiger partial charge in [-0.3, -0.25) is 14.9 Å². The largest absolute Gasteiger partial charge is 0.350 e. The van der Waals surface area contributed by atoms with Crippen LogP contribution in [0.2, 0.25) is 0 Å². The first-order valence-electron chi connectivity index (χ1n) is 6.53. The van der Waals surface area contributed by atoms with Crippen LogP contribution in [0.3, 0.4) is 0 Å². The van der Waals surface area contributed by atoms with E-state index >= 15 is 0 Å². The van der Waals surface area contributed by atoms with Crippen LogP contribution in [0, 0.1) is 15.9 Å². The summed E-state index contributed by atoms with van der Waals surface area (Å²) in [5.41, 5.74) is -0.542. The second-order valence-corrected chi connectivity index (χ2v) is 4.78. The molecule has 1 aromatic rings. The van der Waals surface area contributed by atoms with E-state index in [-0.39, 0.29) is 17.3 Å². The number of nitro groups is 1. The third-order valence-electron chi connectivity index (χ3n) is 3.33. The van der Waals surface area contributed by atoms with Crippen LogP contribution in [0.1, 0.15) is 29.6 Å². The zero-order valence-corrected chi connectivity index (χ0v) is 10.9. The van der Waals surface area contributed by atoms with E-state index in [1.165, 1.54) is 0 Å². The van der Waals surface area contributed by atoms with Crippen molar-refractivity contribution in [1.82, 2.24) is 10.6 Å². The fourth-order valence-corrected chi connectivity index (χ4v) is 2.21. The highest BCUT2D eigenvalue weighted by molar-refractivity contribution is 5.94. The van der Waals surface area contributed by atoms with E-state index in [2.05, 4.69) is 10.6 Å². The first kappa shape index (κ1) is 14.4. The molecule has 1 aromatic carbocycles. The van der Waals surface area contributed by atoms with Gasteiger partial charge in [-0.05, 0) is 25.5 Å². The molecule has 1 aliphatic rings. The molecule has 1 fully saturated rings. The third-order valence-corrected chi connectivity index (χ3v) is 3.33. The van der Waals surface area contributed by atoms with Crippen molar-refractivity contribution in [1.29, 1.82) is 0 Å². The van der Waals surface area contributed by atoms with Gasteiger partial charge in [0, 0.05) is 18.7 Å². The van der Waals surface area contributed by atoms with Crippen molar-refractivity contribution in [2.24, 2.45) is 0 Å². The average Bonchev–Trinajstić information content (AvgIpc) is 2.45. The van der Waals surface area contributed by atoms with E-state index in [0.717, 1.165) is 44.0 Å². The standard InChI is InChI=1S/C13H16FN3O3/c14-12-7-10(17(19)20)4-5-11(12)13(18)16-8-9-3-1-2-6-15-9/h4-5,7,9,15H,1-3,6,8H2,(H,16,18). The maximum absolute atomic E-state index is 13.6. The van der Waals surface area contributed by atoms with E-state index < -0.39 is 16.6 Å². The number of piperidine rings is 1.